The van der Waals surface area contributed by atoms with E-state index < -0.39 is 0 Å². The normalized spacial score (nSPS) is 23.0. The fourth-order valence-corrected chi connectivity index (χ4v) is 2.12. The van der Waals surface area contributed by atoms with Crippen molar-refractivity contribution in [2.24, 2.45) is 22.6 Å². The third-order valence-electron chi connectivity index (χ3n) is 3.31. The molecular formula is C14H21N3O. The number of anilines is 1. The molecule has 4 nitrogen and oxygen atoms in total. The van der Waals surface area contributed by atoms with E-state index in [4.69, 9.17) is 10.5 Å². The average Bonchev–Trinajstić information content (AvgIpc) is 3.08. The molecule has 0 amide bonds. The molecule has 1 saturated carbocycles. The number of guanidine groups is 1. The molecule has 1 fully saturated rings. The quantitative estimate of drug-likeness (QED) is 0.634. The van der Waals surface area contributed by atoms with Crippen LogP contribution in [0.4, 0.5) is 5.69 Å². The maximum absolute atomic E-state index is 5.90. The fraction of sp³-hybridized carbons (Fsp3) is 0.500. The lowest BCUT2D eigenvalue weighted by molar-refractivity contribution is 0.415. The molecule has 1 aromatic rings. The van der Waals surface area contributed by atoms with Gasteiger partial charge in [-0.25, -0.2) is 4.99 Å². The van der Waals surface area contributed by atoms with Gasteiger partial charge in [0.05, 0.1) is 13.2 Å². The van der Waals surface area contributed by atoms with Gasteiger partial charge < -0.3 is 15.8 Å². The Balaban J connectivity index is 1.95. The van der Waals surface area contributed by atoms with Gasteiger partial charge in [0.15, 0.2) is 5.96 Å². The molecule has 18 heavy (non-hydrogen) atoms. The number of nitrogens with two attached hydrogens (primary N) is 1. The minimum Gasteiger partial charge on any atom is -0.497 e. The molecule has 0 unspecified atom stereocenters. The highest BCUT2D eigenvalue weighted by Crippen LogP contribution is 2.39. The van der Waals surface area contributed by atoms with E-state index in [0.717, 1.165) is 17.9 Å². The van der Waals surface area contributed by atoms with Crippen LogP contribution in [0.1, 0.15) is 20.3 Å². The van der Waals surface area contributed by atoms with Gasteiger partial charge in [0.2, 0.25) is 0 Å². The van der Waals surface area contributed by atoms with Crippen molar-refractivity contribution in [2.75, 3.05) is 12.4 Å². The Bertz CT molecular complexity index is 442. The monoisotopic (exact) mass is 247 g/mol. The van der Waals surface area contributed by atoms with Crippen molar-refractivity contribution in [3.8, 4) is 5.75 Å². The number of aliphatic imine (C=N–C) groups is 1. The van der Waals surface area contributed by atoms with Crippen molar-refractivity contribution in [1.29, 1.82) is 0 Å². The van der Waals surface area contributed by atoms with E-state index in [1.807, 2.05) is 24.3 Å². The van der Waals surface area contributed by atoms with Crippen LogP contribution in [0.25, 0.3) is 0 Å². The van der Waals surface area contributed by atoms with E-state index in [0.29, 0.717) is 23.8 Å². The van der Waals surface area contributed by atoms with Crippen LogP contribution in [0.15, 0.2) is 29.3 Å². The Morgan fingerprint density at radius 3 is 2.89 bits per heavy atom. The van der Waals surface area contributed by atoms with E-state index in [2.05, 4.69) is 24.2 Å². The summed E-state index contributed by atoms with van der Waals surface area (Å²) in [6.45, 7) is 4.46. The van der Waals surface area contributed by atoms with Gasteiger partial charge in [-0.2, -0.15) is 0 Å². The van der Waals surface area contributed by atoms with Gasteiger partial charge >= 0.3 is 0 Å². The van der Waals surface area contributed by atoms with E-state index in [-0.39, 0.29) is 0 Å². The number of nitrogens with zero attached hydrogens (tertiary/aromatic N) is 1. The fourth-order valence-electron chi connectivity index (χ4n) is 2.12. The number of ether oxygens (including phenoxy) is 1. The molecule has 0 radical (unpaired) electrons. The number of rotatable bonds is 4. The van der Waals surface area contributed by atoms with Crippen LogP contribution in [0.2, 0.25) is 0 Å². The zero-order valence-electron chi connectivity index (χ0n) is 11.2. The van der Waals surface area contributed by atoms with Crippen molar-refractivity contribution in [3.05, 3.63) is 24.3 Å². The van der Waals surface area contributed by atoms with Gasteiger partial charge in [0, 0.05) is 11.8 Å². The van der Waals surface area contributed by atoms with Crippen molar-refractivity contribution >= 4 is 11.6 Å². The molecule has 0 heterocycles. The molecule has 0 aliphatic heterocycles. The first-order valence-corrected chi connectivity index (χ1v) is 6.34. The van der Waals surface area contributed by atoms with Crippen LogP contribution >= 0.6 is 0 Å². The first-order valence-electron chi connectivity index (χ1n) is 6.34. The smallest absolute Gasteiger partial charge is 0.193 e. The Morgan fingerprint density at radius 2 is 2.28 bits per heavy atom. The molecule has 0 spiro atoms. The maximum atomic E-state index is 5.90. The van der Waals surface area contributed by atoms with Gasteiger partial charge in [-0.05, 0) is 30.4 Å². The second kappa shape index (κ2) is 5.29. The SMILES string of the molecule is COc1cccc(NC(N)=N[C@@H]2C[C@H]2C(C)C)c1. The van der Waals surface area contributed by atoms with Gasteiger partial charge in [0.25, 0.3) is 0 Å². The summed E-state index contributed by atoms with van der Waals surface area (Å²) >= 11 is 0. The minimum absolute atomic E-state index is 0.392. The summed E-state index contributed by atoms with van der Waals surface area (Å²) in [5, 5.41) is 3.10. The summed E-state index contributed by atoms with van der Waals surface area (Å²) in [7, 11) is 1.65. The molecule has 2 atom stereocenters. The molecule has 0 saturated heterocycles. The maximum Gasteiger partial charge on any atom is 0.193 e. The van der Waals surface area contributed by atoms with Crippen LogP contribution in [0.5, 0.6) is 5.75 Å². The van der Waals surface area contributed by atoms with Crippen LogP contribution in [0, 0.1) is 11.8 Å². The zero-order valence-corrected chi connectivity index (χ0v) is 11.2. The number of hydrogen-bond donors (Lipinski definition) is 2. The van der Waals surface area contributed by atoms with Crippen molar-refractivity contribution in [2.45, 2.75) is 26.3 Å². The lowest BCUT2D eigenvalue weighted by atomic mass is 10.1. The molecule has 0 bridgehead atoms. The Morgan fingerprint density at radius 1 is 1.50 bits per heavy atom. The standard InChI is InChI=1S/C14H21N3O/c1-9(2)12-8-13(12)17-14(15)16-10-5-4-6-11(7-10)18-3/h4-7,9,12-13H,8H2,1-3H3,(H3,15,16,17)/t12-,13+/m0/s1. The summed E-state index contributed by atoms with van der Waals surface area (Å²) in [5.74, 6) is 2.66. The highest BCUT2D eigenvalue weighted by molar-refractivity contribution is 5.92. The molecule has 4 heteroatoms. The topological polar surface area (TPSA) is 59.6 Å². The molecular weight excluding hydrogens is 226 g/mol. The number of nitrogens with one attached hydrogen (secondary N) is 1. The van der Waals surface area contributed by atoms with Crippen LogP contribution in [0.3, 0.4) is 0 Å². The van der Waals surface area contributed by atoms with Gasteiger partial charge in [0.1, 0.15) is 5.75 Å². The summed E-state index contributed by atoms with van der Waals surface area (Å²) in [5.41, 5.74) is 6.80. The van der Waals surface area contributed by atoms with Crippen molar-refractivity contribution in [3.63, 3.8) is 0 Å². The van der Waals surface area contributed by atoms with Crippen molar-refractivity contribution < 1.29 is 4.74 Å². The summed E-state index contributed by atoms with van der Waals surface area (Å²) < 4.78 is 5.16. The summed E-state index contributed by atoms with van der Waals surface area (Å²) in [4.78, 5) is 4.48. The molecule has 1 aliphatic rings. The second-order valence-electron chi connectivity index (χ2n) is 5.08. The first kappa shape index (κ1) is 12.7. The molecule has 1 aromatic carbocycles. The molecule has 0 aromatic heterocycles. The molecule has 2 rings (SSSR count). The lowest BCUT2D eigenvalue weighted by Crippen LogP contribution is -2.23. The van der Waals surface area contributed by atoms with Gasteiger partial charge in [-0.3, -0.25) is 0 Å². The number of hydrogen-bond acceptors (Lipinski definition) is 2. The zero-order chi connectivity index (χ0) is 13.1. The third kappa shape index (κ3) is 3.15. The first-order chi connectivity index (χ1) is 8.60. The number of methoxy groups -OCH3 is 1. The van der Waals surface area contributed by atoms with Crippen LogP contribution < -0.4 is 15.8 Å². The van der Waals surface area contributed by atoms with Crippen molar-refractivity contribution in [1.82, 2.24) is 0 Å². The van der Waals surface area contributed by atoms with E-state index >= 15 is 0 Å². The predicted octanol–water partition coefficient (Wildman–Crippen LogP) is 2.47. The largest absolute Gasteiger partial charge is 0.497 e. The Kier molecular flexibility index (Phi) is 3.75. The van der Waals surface area contributed by atoms with E-state index in [9.17, 15) is 0 Å². The van der Waals surface area contributed by atoms with Gasteiger partial charge in [-0.1, -0.05) is 19.9 Å². The van der Waals surface area contributed by atoms with E-state index in [1.54, 1.807) is 7.11 Å². The van der Waals surface area contributed by atoms with E-state index in [1.165, 1.54) is 0 Å². The Labute approximate surface area is 108 Å². The number of benzene rings is 1. The minimum atomic E-state index is 0.392. The highest BCUT2D eigenvalue weighted by Gasteiger charge is 2.39. The summed E-state index contributed by atoms with van der Waals surface area (Å²) in [6, 6.07) is 8.05. The van der Waals surface area contributed by atoms with Gasteiger partial charge in [-0.15, -0.1) is 0 Å². The summed E-state index contributed by atoms with van der Waals surface area (Å²) in [6.07, 6.45) is 1.15. The molecule has 98 valence electrons. The highest BCUT2D eigenvalue weighted by atomic mass is 16.5. The Hall–Kier alpha value is -1.71. The van der Waals surface area contributed by atoms with Crippen LogP contribution in [-0.4, -0.2) is 19.1 Å². The lowest BCUT2D eigenvalue weighted by Gasteiger charge is -2.07. The molecule has 1 aliphatic carbocycles. The third-order valence-corrected chi connectivity index (χ3v) is 3.31. The second-order valence-corrected chi connectivity index (χ2v) is 5.08. The predicted molar refractivity (Wildman–Crippen MR) is 75.0 cm³/mol. The molecule has 3 N–H and O–H groups in total. The average molecular weight is 247 g/mol. The van der Waals surface area contributed by atoms with Crippen LogP contribution in [-0.2, 0) is 0 Å².